The van der Waals surface area contributed by atoms with Gasteiger partial charge in [-0.3, -0.25) is 14.8 Å². The molecule has 0 aromatic heterocycles. The van der Waals surface area contributed by atoms with Gasteiger partial charge in [0, 0.05) is 31.4 Å². The molecule has 0 aromatic carbocycles. The predicted octanol–water partition coefficient (Wildman–Crippen LogP) is 6.27. The number of ether oxygens (including phenoxy) is 2. The quantitative estimate of drug-likeness (QED) is 0.0619. The lowest BCUT2D eigenvalue weighted by Crippen LogP contribution is -2.36. The van der Waals surface area contributed by atoms with Crippen molar-refractivity contribution in [2.45, 2.75) is 91.8 Å². The summed E-state index contributed by atoms with van der Waals surface area (Å²) >= 11 is 0. The third kappa shape index (κ3) is 12.7. The third-order valence-electron chi connectivity index (χ3n) is 7.39. The Morgan fingerprint density at radius 1 is 1.10 bits per heavy atom. The summed E-state index contributed by atoms with van der Waals surface area (Å²) in [6, 6.07) is 4.15. The van der Waals surface area contributed by atoms with E-state index in [1.807, 2.05) is 19.1 Å². The number of hydrogen-bond donors (Lipinski definition) is 0. The van der Waals surface area contributed by atoms with Crippen molar-refractivity contribution in [3.8, 4) is 12.1 Å². The number of nitrogens with zero attached hydrogens (tertiary/aromatic N) is 5. The molecule has 1 rings (SSSR count). The smallest absolute Gasteiger partial charge is 0.132 e. The molecule has 0 radical (unpaired) electrons. The van der Waals surface area contributed by atoms with Crippen molar-refractivity contribution in [1.29, 1.82) is 10.5 Å². The Bertz CT molecular complexity index is 927. The molecule has 0 amide bonds. The number of allylic oxidation sites excluding steroid dienone is 4. The molecule has 0 bridgehead atoms. The lowest BCUT2D eigenvalue weighted by Gasteiger charge is -2.27. The molecule has 40 heavy (non-hydrogen) atoms. The van der Waals surface area contributed by atoms with Crippen molar-refractivity contribution < 1.29 is 9.47 Å². The van der Waals surface area contributed by atoms with Crippen LogP contribution in [0.2, 0.25) is 0 Å². The molecule has 222 valence electrons. The molecule has 0 spiro atoms. The first-order chi connectivity index (χ1) is 19.4. The van der Waals surface area contributed by atoms with Crippen LogP contribution in [-0.2, 0) is 9.47 Å². The van der Waals surface area contributed by atoms with Gasteiger partial charge in [-0.1, -0.05) is 58.4 Å². The number of rotatable bonds is 19. The van der Waals surface area contributed by atoms with Gasteiger partial charge in [0.1, 0.15) is 17.7 Å². The highest BCUT2D eigenvalue weighted by Gasteiger charge is 2.18. The SMILES string of the molecule is C=CC(/C=C/C(OCCCCN1CCOCC1)[C@H](C)N=C(C)/C(=C/C(CCC)=C(C#N)C#N)CC)N(CC)CC. The highest BCUT2D eigenvalue weighted by molar-refractivity contribution is 5.98. The van der Waals surface area contributed by atoms with E-state index in [0.29, 0.717) is 13.0 Å². The number of unbranched alkanes of at least 4 members (excludes halogenated alkanes) is 1. The van der Waals surface area contributed by atoms with Crippen LogP contribution in [0.15, 0.2) is 52.6 Å². The molecular weight excluding hydrogens is 498 g/mol. The average molecular weight is 552 g/mol. The number of likely N-dealkylation sites (N-methyl/N-ethyl adjacent to an activating group) is 1. The van der Waals surface area contributed by atoms with Gasteiger partial charge in [-0.25, -0.2) is 0 Å². The molecule has 1 heterocycles. The maximum atomic E-state index is 9.43. The van der Waals surface area contributed by atoms with E-state index in [0.717, 1.165) is 88.5 Å². The fourth-order valence-electron chi connectivity index (χ4n) is 4.90. The number of aliphatic imine (C=N–C) groups is 1. The Hall–Kier alpha value is -2.55. The molecule has 1 aliphatic rings. The lowest BCUT2D eigenvalue weighted by molar-refractivity contribution is 0.0333. The van der Waals surface area contributed by atoms with E-state index in [2.05, 4.69) is 75.3 Å². The van der Waals surface area contributed by atoms with Gasteiger partial charge in [-0.2, -0.15) is 10.5 Å². The molecule has 2 unspecified atom stereocenters. The summed E-state index contributed by atoms with van der Waals surface area (Å²) in [7, 11) is 0. The highest BCUT2D eigenvalue weighted by Crippen LogP contribution is 2.19. The lowest BCUT2D eigenvalue weighted by atomic mass is 9.98. The van der Waals surface area contributed by atoms with Crippen molar-refractivity contribution in [3.63, 3.8) is 0 Å². The van der Waals surface area contributed by atoms with Crippen LogP contribution in [0.3, 0.4) is 0 Å². The Morgan fingerprint density at radius 2 is 1.77 bits per heavy atom. The van der Waals surface area contributed by atoms with Crippen LogP contribution in [0.4, 0.5) is 0 Å². The van der Waals surface area contributed by atoms with Gasteiger partial charge in [0.25, 0.3) is 0 Å². The zero-order valence-electron chi connectivity index (χ0n) is 26.0. The first-order valence-electron chi connectivity index (χ1n) is 15.1. The molecule has 1 aliphatic heterocycles. The second-order valence-electron chi connectivity index (χ2n) is 10.2. The van der Waals surface area contributed by atoms with Crippen molar-refractivity contribution >= 4 is 5.71 Å². The summed E-state index contributed by atoms with van der Waals surface area (Å²) in [6.45, 7) is 23.9. The molecule has 1 saturated heterocycles. The van der Waals surface area contributed by atoms with Crippen LogP contribution in [0.1, 0.15) is 73.6 Å². The van der Waals surface area contributed by atoms with Gasteiger partial charge in [0.15, 0.2) is 0 Å². The Labute approximate surface area is 244 Å². The standard InChI is InChI=1S/C33H53N5O2/c1-8-15-30(31(25-34)26-35)24-29(9-2)27(6)36-28(7)33(17-16-32(10-3)38(11-4)12-5)40-21-14-13-18-37-19-22-39-23-20-37/h10,16-17,24,28,32-33H,3,8-9,11-15,18-23H2,1-2,4-7H3/b17-16+,29-24+,36-27?/t28-,32?,33?/m0/s1. The van der Waals surface area contributed by atoms with E-state index >= 15 is 0 Å². The molecule has 0 aromatic rings. The van der Waals surface area contributed by atoms with Crippen molar-refractivity contribution in [3.05, 3.63) is 47.6 Å². The average Bonchev–Trinajstić information content (AvgIpc) is 2.97. The largest absolute Gasteiger partial charge is 0.379 e. The monoisotopic (exact) mass is 551 g/mol. The van der Waals surface area contributed by atoms with E-state index in [1.54, 1.807) is 0 Å². The van der Waals surface area contributed by atoms with Crippen molar-refractivity contribution in [2.24, 2.45) is 4.99 Å². The first kappa shape index (κ1) is 35.5. The number of nitriles is 2. The fourth-order valence-corrected chi connectivity index (χ4v) is 4.90. The van der Waals surface area contributed by atoms with E-state index < -0.39 is 0 Å². The van der Waals surface area contributed by atoms with Crippen LogP contribution in [-0.4, -0.2) is 86.2 Å². The minimum Gasteiger partial charge on any atom is -0.379 e. The summed E-state index contributed by atoms with van der Waals surface area (Å²) in [5, 5.41) is 18.9. The second kappa shape index (κ2) is 21.2. The summed E-state index contributed by atoms with van der Waals surface area (Å²) in [5.41, 5.74) is 2.92. The first-order valence-corrected chi connectivity index (χ1v) is 15.1. The zero-order valence-corrected chi connectivity index (χ0v) is 26.0. The minimum absolute atomic E-state index is 0.0994. The summed E-state index contributed by atoms with van der Waals surface area (Å²) in [4.78, 5) is 9.86. The highest BCUT2D eigenvalue weighted by atomic mass is 16.5. The Balaban J connectivity index is 3.11. The van der Waals surface area contributed by atoms with E-state index in [9.17, 15) is 10.5 Å². The Morgan fingerprint density at radius 3 is 2.33 bits per heavy atom. The van der Waals surface area contributed by atoms with Gasteiger partial charge in [-0.05, 0) is 70.3 Å². The molecule has 7 nitrogen and oxygen atoms in total. The maximum Gasteiger partial charge on any atom is 0.132 e. The molecule has 0 N–H and O–H groups in total. The van der Waals surface area contributed by atoms with Gasteiger partial charge < -0.3 is 9.47 Å². The van der Waals surface area contributed by atoms with Gasteiger partial charge >= 0.3 is 0 Å². The van der Waals surface area contributed by atoms with Gasteiger partial charge in [0.05, 0.1) is 25.4 Å². The fraction of sp³-hybridized carbons (Fsp3) is 0.667. The summed E-state index contributed by atoms with van der Waals surface area (Å²) < 4.78 is 11.9. The molecule has 7 heteroatoms. The van der Waals surface area contributed by atoms with Crippen molar-refractivity contribution in [2.75, 3.05) is 52.5 Å². The van der Waals surface area contributed by atoms with Gasteiger partial charge in [-0.15, -0.1) is 6.58 Å². The third-order valence-corrected chi connectivity index (χ3v) is 7.39. The number of morpholine rings is 1. The topological polar surface area (TPSA) is 84.9 Å². The summed E-state index contributed by atoms with van der Waals surface area (Å²) in [5.74, 6) is 0. The number of hydrogen-bond acceptors (Lipinski definition) is 7. The molecule has 0 saturated carbocycles. The van der Waals surface area contributed by atoms with E-state index in [-0.39, 0.29) is 23.8 Å². The molecule has 0 aliphatic carbocycles. The normalized spacial score (nSPS) is 17.3. The van der Waals surface area contributed by atoms with Gasteiger partial charge in [0.2, 0.25) is 0 Å². The summed E-state index contributed by atoms with van der Waals surface area (Å²) in [6.07, 6.45) is 12.5. The van der Waals surface area contributed by atoms with Crippen LogP contribution >= 0.6 is 0 Å². The molecular formula is C33H53N5O2. The molecule has 3 atom stereocenters. The Kier molecular flexibility index (Phi) is 18.8. The van der Waals surface area contributed by atoms with Crippen LogP contribution < -0.4 is 0 Å². The van der Waals surface area contributed by atoms with Crippen LogP contribution in [0, 0.1) is 22.7 Å². The second-order valence-corrected chi connectivity index (χ2v) is 10.2. The zero-order chi connectivity index (χ0) is 29.8. The molecule has 1 fully saturated rings. The maximum absolute atomic E-state index is 9.43. The van der Waals surface area contributed by atoms with E-state index in [4.69, 9.17) is 14.5 Å². The minimum atomic E-state index is -0.172. The van der Waals surface area contributed by atoms with E-state index in [1.165, 1.54) is 0 Å². The van der Waals surface area contributed by atoms with Crippen LogP contribution in [0.25, 0.3) is 0 Å². The van der Waals surface area contributed by atoms with Crippen molar-refractivity contribution in [1.82, 2.24) is 9.80 Å². The van der Waals surface area contributed by atoms with Crippen LogP contribution in [0.5, 0.6) is 0 Å². The predicted molar refractivity (Wildman–Crippen MR) is 166 cm³/mol.